The van der Waals surface area contributed by atoms with E-state index in [1.807, 2.05) is 0 Å². The highest BCUT2D eigenvalue weighted by atomic mass is 16.8. The van der Waals surface area contributed by atoms with Crippen molar-refractivity contribution in [3.63, 3.8) is 0 Å². The van der Waals surface area contributed by atoms with Crippen LogP contribution in [0.25, 0.3) is 0 Å². The summed E-state index contributed by atoms with van der Waals surface area (Å²) in [4.78, 5) is 23.5. The number of carbonyl (C=O) groups is 1. The molecule has 1 aromatic rings. The van der Waals surface area contributed by atoms with Crippen molar-refractivity contribution in [3.8, 4) is 0 Å². The van der Waals surface area contributed by atoms with E-state index in [4.69, 9.17) is 9.84 Å². The molecule has 2 aliphatic rings. The van der Waals surface area contributed by atoms with E-state index in [-0.39, 0.29) is 6.04 Å². The second kappa shape index (κ2) is 4.39. The number of rotatable bonds is 3. The zero-order valence-electron chi connectivity index (χ0n) is 9.50. The predicted octanol–water partition coefficient (Wildman–Crippen LogP) is 0.212. The monoisotopic (exact) mass is 252 g/mol. The molecule has 2 N–H and O–H groups in total. The van der Waals surface area contributed by atoms with E-state index in [1.54, 1.807) is 6.20 Å². The molecule has 1 saturated heterocycles. The Labute approximate surface area is 102 Å². The number of aromatic nitrogens is 2. The third kappa shape index (κ3) is 2.20. The Morgan fingerprint density at radius 3 is 3.06 bits per heavy atom. The van der Waals surface area contributed by atoms with Crippen molar-refractivity contribution in [1.82, 2.24) is 15.0 Å². The average Bonchev–Trinajstić information content (AvgIpc) is 2.63. The van der Waals surface area contributed by atoms with Crippen molar-refractivity contribution >= 4 is 12.1 Å². The molecule has 8 heteroatoms. The van der Waals surface area contributed by atoms with E-state index in [2.05, 4.69) is 20.1 Å². The first-order valence-electron chi connectivity index (χ1n) is 5.55. The maximum absolute atomic E-state index is 10.4. The van der Waals surface area contributed by atoms with Crippen LogP contribution in [0.1, 0.15) is 11.3 Å². The van der Waals surface area contributed by atoms with Crippen molar-refractivity contribution < 1.29 is 19.5 Å². The van der Waals surface area contributed by atoms with Gasteiger partial charge in [0.15, 0.2) is 0 Å². The minimum atomic E-state index is -1.32. The molecule has 0 aromatic carbocycles. The van der Waals surface area contributed by atoms with Gasteiger partial charge in [-0.05, 0) is 0 Å². The van der Waals surface area contributed by atoms with Gasteiger partial charge in [-0.1, -0.05) is 0 Å². The number of hydrogen-bond acceptors (Lipinski definition) is 7. The number of hydroxylamine groups is 2. The van der Waals surface area contributed by atoms with Gasteiger partial charge in [0.2, 0.25) is 5.95 Å². The number of nitrogens with zero attached hydrogens (tertiary/aromatic N) is 3. The zero-order valence-corrected chi connectivity index (χ0v) is 9.50. The summed E-state index contributed by atoms with van der Waals surface area (Å²) in [5, 5.41) is 13.0. The van der Waals surface area contributed by atoms with Gasteiger partial charge < -0.3 is 20.0 Å². The molecule has 96 valence electrons. The number of hydrogen-bond donors (Lipinski definition) is 2. The number of ether oxygens (including phenoxy) is 1. The molecule has 3 heterocycles. The Hall–Kier alpha value is -1.93. The van der Waals surface area contributed by atoms with Crippen molar-refractivity contribution in [2.24, 2.45) is 0 Å². The zero-order chi connectivity index (χ0) is 12.5. The van der Waals surface area contributed by atoms with Crippen LogP contribution in [0.4, 0.5) is 10.7 Å². The molecule has 0 saturated carbocycles. The highest BCUT2D eigenvalue weighted by Crippen LogP contribution is 2.21. The molecule has 3 rings (SSSR count). The quantitative estimate of drug-likeness (QED) is 0.788. The van der Waals surface area contributed by atoms with Gasteiger partial charge in [-0.25, -0.2) is 14.8 Å². The topological polar surface area (TPSA) is 96.8 Å². The van der Waals surface area contributed by atoms with Gasteiger partial charge in [-0.15, -0.1) is 5.06 Å². The first kappa shape index (κ1) is 11.2. The molecule has 0 spiro atoms. The van der Waals surface area contributed by atoms with Crippen molar-refractivity contribution in [3.05, 3.63) is 17.5 Å². The lowest BCUT2D eigenvalue weighted by Gasteiger charge is -2.26. The number of nitrogens with one attached hydrogen (secondary N) is 1. The average molecular weight is 252 g/mol. The van der Waals surface area contributed by atoms with Crippen LogP contribution in [0.15, 0.2) is 6.20 Å². The van der Waals surface area contributed by atoms with Gasteiger partial charge in [0.25, 0.3) is 0 Å². The molecular formula is C10H12N4O4. The van der Waals surface area contributed by atoms with Crippen LogP contribution >= 0.6 is 0 Å². The molecule has 18 heavy (non-hydrogen) atoms. The minimum absolute atomic E-state index is 0.260. The molecule has 0 bridgehead atoms. The summed E-state index contributed by atoms with van der Waals surface area (Å²) >= 11 is 0. The molecule has 2 aliphatic heterocycles. The van der Waals surface area contributed by atoms with Crippen LogP contribution in [0, 0.1) is 0 Å². The highest BCUT2D eigenvalue weighted by Gasteiger charge is 2.25. The van der Waals surface area contributed by atoms with Gasteiger partial charge in [0, 0.05) is 11.8 Å². The van der Waals surface area contributed by atoms with E-state index >= 15 is 0 Å². The number of carboxylic acid groups (broad SMARTS) is 1. The van der Waals surface area contributed by atoms with Crippen molar-refractivity contribution in [1.29, 1.82) is 0 Å². The first-order chi connectivity index (χ1) is 8.70. The molecule has 0 amide bonds. The van der Waals surface area contributed by atoms with Gasteiger partial charge >= 0.3 is 6.16 Å². The highest BCUT2D eigenvalue weighted by molar-refractivity contribution is 5.56. The first-order valence-corrected chi connectivity index (χ1v) is 5.55. The van der Waals surface area contributed by atoms with Crippen LogP contribution in [0.5, 0.6) is 0 Å². The lowest BCUT2D eigenvalue weighted by Crippen LogP contribution is -2.40. The molecule has 0 radical (unpaired) electrons. The van der Waals surface area contributed by atoms with Crippen LogP contribution in [-0.2, 0) is 22.7 Å². The Morgan fingerprint density at radius 1 is 1.56 bits per heavy atom. The molecule has 0 aliphatic carbocycles. The minimum Gasteiger partial charge on any atom is -0.448 e. The third-order valence-corrected chi connectivity index (χ3v) is 2.81. The van der Waals surface area contributed by atoms with Crippen molar-refractivity contribution in [2.45, 2.75) is 19.1 Å². The molecular weight excluding hydrogens is 240 g/mol. The Balaban J connectivity index is 1.67. The predicted molar refractivity (Wildman–Crippen MR) is 58.6 cm³/mol. The fourth-order valence-electron chi connectivity index (χ4n) is 1.87. The van der Waals surface area contributed by atoms with Crippen LogP contribution in [0.2, 0.25) is 0 Å². The van der Waals surface area contributed by atoms with Gasteiger partial charge in [0.05, 0.1) is 38.0 Å². The summed E-state index contributed by atoms with van der Waals surface area (Å²) in [5.74, 6) is 0.541. The molecule has 8 nitrogen and oxygen atoms in total. The largest absolute Gasteiger partial charge is 0.525 e. The Bertz CT molecular complexity index is 477. The normalized spacial score (nSPS) is 19.1. The smallest absolute Gasteiger partial charge is 0.448 e. The SMILES string of the molecule is O=C(O)ON1Cc2cnc(NC3COC3)nc2C1. The fraction of sp³-hybridized carbons (Fsp3) is 0.500. The maximum Gasteiger partial charge on any atom is 0.525 e. The van der Waals surface area contributed by atoms with E-state index in [0.29, 0.717) is 32.3 Å². The Kier molecular flexibility index (Phi) is 2.73. The van der Waals surface area contributed by atoms with Gasteiger partial charge in [0.1, 0.15) is 0 Å². The van der Waals surface area contributed by atoms with E-state index in [1.165, 1.54) is 5.06 Å². The van der Waals surface area contributed by atoms with E-state index in [9.17, 15) is 4.79 Å². The number of anilines is 1. The molecule has 0 unspecified atom stereocenters. The van der Waals surface area contributed by atoms with Crippen LogP contribution < -0.4 is 5.32 Å². The lowest BCUT2D eigenvalue weighted by molar-refractivity contribution is -0.125. The third-order valence-electron chi connectivity index (χ3n) is 2.81. The van der Waals surface area contributed by atoms with E-state index < -0.39 is 6.16 Å². The van der Waals surface area contributed by atoms with Gasteiger partial charge in [-0.2, -0.15) is 0 Å². The summed E-state index contributed by atoms with van der Waals surface area (Å²) in [7, 11) is 0. The second-order valence-corrected chi connectivity index (χ2v) is 4.20. The maximum atomic E-state index is 10.4. The number of fused-ring (bicyclic) bond motifs is 1. The van der Waals surface area contributed by atoms with E-state index in [0.717, 1.165) is 11.3 Å². The summed E-state index contributed by atoms with van der Waals surface area (Å²) in [6, 6.07) is 0.260. The van der Waals surface area contributed by atoms with Crippen LogP contribution in [0.3, 0.4) is 0 Å². The standard InChI is InChI=1S/C10H12N4O4/c15-10(16)18-14-2-6-1-11-9(13-8(6)3-14)12-7-4-17-5-7/h1,7H,2-5H2,(H,15,16)(H,11,12,13). The molecule has 1 aromatic heterocycles. The summed E-state index contributed by atoms with van der Waals surface area (Å²) in [5.41, 5.74) is 1.67. The molecule has 1 fully saturated rings. The molecule has 0 atom stereocenters. The van der Waals surface area contributed by atoms with Gasteiger partial charge in [-0.3, -0.25) is 0 Å². The fourth-order valence-corrected chi connectivity index (χ4v) is 1.87. The Morgan fingerprint density at radius 2 is 2.39 bits per heavy atom. The summed E-state index contributed by atoms with van der Waals surface area (Å²) < 4.78 is 5.05. The van der Waals surface area contributed by atoms with Crippen molar-refractivity contribution in [2.75, 3.05) is 18.5 Å². The second-order valence-electron chi connectivity index (χ2n) is 4.20. The summed E-state index contributed by atoms with van der Waals surface area (Å²) in [6.07, 6.45) is 0.371. The summed E-state index contributed by atoms with van der Waals surface area (Å²) in [6.45, 7) is 2.05. The van der Waals surface area contributed by atoms with Crippen LogP contribution in [-0.4, -0.2) is 45.5 Å². The lowest BCUT2D eigenvalue weighted by atomic mass is 10.2.